The molecule has 1 aliphatic rings. The van der Waals surface area contributed by atoms with Crippen LogP contribution in [0, 0.1) is 0 Å². The van der Waals surface area contributed by atoms with Gasteiger partial charge in [-0.3, -0.25) is 4.90 Å². The summed E-state index contributed by atoms with van der Waals surface area (Å²) < 4.78 is 31.0. The van der Waals surface area contributed by atoms with Crippen molar-refractivity contribution >= 4 is 23.5 Å². The SMILES string of the molecule is O=C(Nc1cccc(N2CCOC2=O)c1)N[C@H](Cc1ccccc1)[C@H](O)C(F)F. The molecule has 0 radical (unpaired) electrons. The summed E-state index contributed by atoms with van der Waals surface area (Å²) in [5.41, 5.74) is 1.61. The number of halogens is 2. The predicted octanol–water partition coefficient (Wildman–Crippen LogP) is 3.00. The van der Waals surface area contributed by atoms with E-state index in [1.165, 1.54) is 4.90 Å². The van der Waals surface area contributed by atoms with Crippen molar-refractivity contribution in [1.29, 1.82) is 0 Å². The third-order valence-electron chi connectivity index (χ3n) is 4.46. The van der Waals surface area contributed by atoms with Crippen LogP contribution in [0.1, 0.15) is 5.56 Å². The van der Waals surface area contributed by atoms with Crippen molar-refractivity contribution in [3.8, 4) is 0 Å². The van der Waals surface area contributed by atoms with Gasteiger partial charge in [0.05, 0.1) is 12.6 Å². The van der Waals surface area contributed by atoms with Gasteiger partial charge in [-0.05, 0) is 30.2 Å². The highest BCUT2D eigenvalue weighted by Gasteiger charge is 2.29. The first-order valence-corrected chi connectivity index (χ1v) is 9.06. The van der Waals surface area contributed by atoms with Gasteiger partial charge in [-0.25, -0.2) is 18.4 Å². The molecule has 2 aromatic rings. The minimum atomic E-state index is -3.01. The number of alkyl halides is 2. The van der Waals surface area contributed by atoms with E-state index in [1.54, 1.807) is 54.6 Å². The fourth-order valence-corrected chi connectivity index (χ4v) is 3.02. The van der Waals surface area contributed by atoms with E-state index in [9.17, 15) is 23.5 Å². The average Bonchev–Trinajstić information content (AvgIpc) is 3.13. The Kier molecular flexibility index (Phi) is 6.61. The molecule has 9 heteroatoms. The molecule has 0 unspecified atom stereocenters. The molecule has 29 heavy (non-hydrogen) atoms. The van der Waals surface area contributed by atoms with Gasteiger partial charge < -0.3 is 20.5 Å². The normalized spacial score (nSPS) is 15.7. The number of hydrogen-bond donors (Lipinski definition) is 3. The number of rotatable bonds is 7. The van der Waals surface area contributed by atoms with Gasteiger partial charge in [0.2, 0.25) is 0 Å². The van der Waals surface area contributed by atoms with Crippen molar-refractivity contribution in [1.82, 2.24) is 5.32 Å². The molecule has 0 spiro atoms. The summed E-state index contributed by atoms with van der Waals surface area (Å²) in [6.45, 7) is 0.678. The smallest absolute Gasteiger partial charge is 0.414 e. The number of hydrogen-bond acceptors (Lipinski definition) is 4. The molecular formula is C20H21F2N3O4. The fourth-order valence-electron chi connectivity index (χ4n) is 3.02. The van der Waals surface area contributed by atoms with Crippen molar-refractivity contribution in [3.63, 3.8) is 0 Å². The number of benzene rings is 2. The highest BCUT2D eigenvalue weighted by atomic mass is 19.3. The quantitative estimate of drug-likeness (QED) is 0.661. The van der Waals surface area contributed by atoms with Crippen LogP contribution in [0.25, 0.3) is 0 Å². The fraction of sp³-hybridized carbons (Fsp3) is 0.300. The lowest BCUT2D eigenvalue weighted by atomic mass is 10.0. The first kappa shape index (κ1) is 20.5. The maximum absolute atomic E-state index is 13.0. The van der Waals surface area contributed by atoms with Gasteiger partial charge in [0.25, 0.3) is 6.43 Å². The first-order valence-electron chi connectivity index (χ1n) is 9.06. The van der Waals surface area contributed by atoms with E-state index in [2.05, 4.69) is 10.6 Å². The second-order valence-corrected chi connectivity index (χ2v) is 6.54. The Hall–Kier alpha value is -3.20. The summed E-state index contributed by atoms with van der Waals surface area (Å²) in [7, 11) is 0. The number of carbonyl (C=O) groups is 2. The molecule has 1 saturated heterocycles. The maximum Gasteiger partial charge on any atom is 0.414 e. The molecule has 0 aliphatic carbocycles. The Morgan fingerprint density at radius 1 is 1.17 bits per heavy atom. The third-order valence-corrected chi connectivity index (χ3v) is 4.46. The van der Waals surface area contributed by atoms with Crippen LogP contribution in [-0.2, 0) is 11.2 Å². The van der Waals surface area contributed by atoms with Crippen LogP contribution >= 0.6 is 0 Å². The van der Waals surface area contributed by atoms with E-state index in [-0.39, 0.29) is 13.0 Å². The molecule has 1 aliphatic heterocycles. The summed E-state index contributed by atoms with van der Waals surface area (Å²) >= 11 is 0. The lowest BCUT2D eigenvalue weighted by molar-refractivity contribution is -0.0232. The van der Waals surface area contributed by atoms with Crippen molar-refractivity contribution in [2.24, 2.45) is 0 Å². The standard InChI is InChI=1S/C20H21F2N3O4/c21-18(22)17(26)16(11-13-5-2-1-3-6-13)24-19(27)23-14-7-4-8-15(12-14)25-9-10-29-20(25)28/h1-8,12,16-18,26H,9-11H2,(H2,23,24,27)/t16-,17+/m1/s1. The van der Waals surface area contributed by atoms with E-state index in [4.69, 9.17) is 4.74 Å². The monoisotopic (exact) mass is 405 g/mol. The summed E-state index contributed by atoms with van der Waals surface area (Å²) in [5, 5.41) is 14.8. The second kappa shape index (κ2) is 9.33. The summed E-state index contributed by atoms with van der Waals surface area (Å²) in [6.07, 6.45) is -5.46. The number of amides is 3. The Balaban J connectivity index is 1.67. The van der Waals surface area contributed by atoms with Crippen LogP contribution in [0.3, 0.4) is 0 Å². The largest absolute Gasteiger partial charge is 0.447 e. The molecule has 3 rings (SSSR count). The molecule has 2 atom stereocenters. The number of cyclic esters (lactones) is 1. The average molecular weight is 405 g/mol. The van der Waals surface area contributed by atoms with Crippen LogP contribution in [0.15, 0.2) is 54.6 Å². The third kappa shape index (κ3) is 5.41. The molecule has 0 bridgehead atoms. The molecule has 3 amide bonds. The number of aliphatic hydroxyl groups excluding tert-OH is 1. The minimum absolute atomic E-state index is 0.0411. The number of ether oxygens (including phenoxy) is 1. The number of carbonyl (C=O) groups excluding carboxylic acids is 2. The number of anilines is 2. The van der Waals surface area contributed by atoms with Gasteiger partial charge in [0.1, 0.15) is 12.7 Å². The van der Waals surface area contributed by atoms with E-state index >= 15 is 0 Å². The Bertz CT molecular complexity index is 851. The minimum Gasteiger partial charge on any atom is -0.447 e. The van der Waals surface area contributed by atoms with Gasteiger partial charge in [-0.2, -0.15) is 0 Å². The Morgan fingerprint density at radius 3 is 2.59 bits per heavy atom. The molecule has 154 valence electrons. The number of aliphatic hydroxyl groups is 1. The molecule has 1 fully saturated rings. The van der Waals surface area contributed by atoms with E-state index < -0.39 is 30.7 Å². The van der Waals surface area contributed by atoms with E-state index in [0.29, 0.717) is 23.5 Å². The summed E-state index contributed by atoms with van der Waals surface area (Å²) in [4.78, 5) is 25.4. The zero-order valence-electron chi connectivity index (χ0n) is 15.4. The van der Waals surface area contributed by atoms with Gasteiger partial charge in [-0.15, -0.1) is 0 Å². The summed E-state index contributed by atoms with van der Waals surface area (Å²) in [6, 6.07) is 13.3. The molecule has 3 N–H and O–H groups in total. The molecule has 7 nitrogen and oxygen atoms in total. The molecule has 1 heterocycles. The van der Waals surface area contributed by atoms with Crippen molar-refractivity contribution in [2.45, 2.75) is 25.0 Å². The van der Waals surface area contributed by atoms with Crippen LogP contribution in [0.5, 0.6) is 0 Å². The number of nitrogens with one attached hydrogen (secondary N) is 2. The molecule has 0 saturated carbocycles. The van der Waals surface area contributed by atoms with Gasteiger partial charge >= 0.3 is 12.1 Å². The molecular weight excluding hydrogens is 384 g/mol. The highest BCUT2D eigenvalue weighted by molar-refractivity contribution is 5.93. The van der Waals surface area contributed by atoms with Crippen LogP contribution in [0.4, 0.5) is 29.7 Å². The topological polar surface area (TPSA) is 90.9 Å². The zero-order valence-corrected chi connectivity index (χ0v) is 15.4. The van der Waals surface area contributed by atoms with Crippen LogP contribution < -0.4 is 15.5 Å². The Labute approximate surface area is 166 Å². The van der Waals surface area contributed by atoms with E-state index in [0.717, 1.165) is 0 Å². The molecule has 2 aromatic carbocycles. The van der Waals surface area contributed by atoms with Crippen molar-refractivity contribution in [2.75, 3.05) is 23.4 Å². The second-order valence-electron chi connectivity index (χ2n) is 6.54. The molecule has 0 aromatic heterocycles. The van der Waals surface area contributed by atoms with Gasteiger partial charge in [-0.1, -0.05) is 36.4 Å². The number of nitrogens with zero attached hydrogens (tertiary/aromatic N) is 1. The number of urea groups is 1. The summed E-state index contributed by atoms with van der Waals surface area (Å²) in [5.74, 6) is 0. The van der Waals surface area contributed by atoms with Gasteiger partial charge in [0.15, 0.2) is 0 Å². The van der Waals surface area contributed by atoms with Crippen LogP contribution in [-0.4, -0.2) is 49.0 Å². The predicted molar refractivity (Wildman–Crippen MR) is 103 cm³/mol. The lowest BCUT2D eigenvalue weighted by Crippen LogP contribution is -2.49. The van der Waals surface area contributed by atoms with Crippen molar-refractivity contribution in [3.05, 3.63) is 60.2 Å². The zero-order chi connectivity index (χ0) is 20.8. The Morgan fingerprint density at radius 2 is 1.93 bits per heavy atom. The van der Waals surface area contributed by atoms with E-state index in [1.807, 2.05) is 0 Å². The van der Waals surface area contributed by atoms with Gasteiger partial charge in [0, 0.05) is 11.4 Å². The van der Waals surface area contributed by atoms with Crippen molar-refractivity contribution < 1.29 is 28.2 Å². The lowest BCUT2D eigenvalue weighted by Gasteiger charge is -2.24. The highest BCUT2D eigenvalue weighted by Crippen LogP contribution is 2.22. The maximum atomic E-state index is 13.0. The van der Waals surface area contributed by atoms with Crippen LogP contribution in [0.2, 0.25) is 0 Å². The first-order chi connectivity index (χ1) is 13.9.